The van der Waals surface area contributed by atoms with Gasteiger partial charge in [-0.3, -0.25) is 9.59 Å². The number of benzene rings is 2. The van der Waals surface area contributed by atoms with E-state index in [1.54, 1.807) is 0 Å². The Morgan fingerprint density at radius 1 is 1.04 bits per heavy atom. The summed E-state index contributed by atoms with van der Waals surface area (Å²) >= 11 is 0. The predicted octanol–water partition coefficient (Wildman–Crippen LogP) is 3.03. The molecule has 0 fully saturated rings. The number of aryl methyl sites for hydroxylation is 1. The molecule has 5 heteroatoms. The van der Waals surface area contributed by atoms with E-state index in [1.165, 1.54) is 5.01 Å². The second kappa shape index (κ2) is 8.43. The number of hydrogen-bond acceptors (Lipinski definition) is 3. The predicted molar refractivity (Wildman–Crippen MR) is 102 cm³/mol. The first-order chi connectivity index (χ1) is 12.6. The first-order valence-electron chi connectivity index (χ1n) is 8.88. The summed E-state index contributed by atoms with van der Waals surface area (Å²) in [6.07, 6.45) is 1.10. The van der Waals surface area contributed by atoms with Gasteiger partial charge in [-0.25, -0.2) is 5.01 Å². The van der Waals surface area contributed by atoms with Gasteiger partial charge >= 0.3 is 0 Å². The molecule has 1 N–H and O–H groups in total. The Balaban J connectivity index is 1.46. The summed E-state index contributed by atoms with van der Waals surface area (Å²) < 4.78 is 0. The summed E-state index contributed by atoms with van der Waals surface area (Å²) in [5.41, 5.74) is 4.19. The van der Waals surface area contributed by atoms with Crippen molar-refractivity contribution >= 4 is 17.5 Å². The average molecular weight is 349 g/mol. The van der Waals surface area contributed by atoms with Gasteiger partial charge < -0.3 is 5.32 Å². The molecule has 5 nitrogen and oxygen atoms in total. The molecular weight excluding hydrogens is 326 g/mol. The third-order valence-electron chi connectivity index (χ3n) is 4.50. The van der Waals surface area contributed by atoms with Crippen molar-refractivity contribution in [3.63, 3.8) is 0 Å². The zero-order valence-corrected chi connectivity index (χ0v) is 14.9. The lowest BCUT2D eigenvalue weighted by molar-refractivity contribution is -0.133. The molecule has 0 aliphatic carbocycles. The molecule has 1 aliphatic rings. The van der Waals surface area contributed by atoms with Crippen LogP contribution in [-0.4, -0.2) is 29.1 Å². The lowest BCUT2D eigenvalue weighted by Crippen LogP contribution is -2.27. The van der Waals surface area contributed by atoms with Crippen molar-refractivity contribution in [1.29, 1.82) is 0 Å². The Bertz CT molecular complexity index is 815. The summed E-state index contributed by atoms with van der Waals surface area (Å²) in [4.78, 5) is 24.3. The van der Waals surface area contributed by atoms with E-state index >= 15 is 0 Å². The molecular formula is C21H23N3O2. The molecule has 0 saturated carbocycles. The maximum atomic E-state index is 12.3. The molecule has 0 bridgehead atoms. The zero-order valence-electron chi connectivity index (χ0n) is 14.9. The minimum atomic E-state index is -0.118. The fourth-order valence-electron chi connectivity index (χ4n) is 2.91. The normalized spacial score (nSPS) is 13.4. The number of amides is 2. The number of hydrogen-bond donors (Lipinski definition) is 1. The molecule has 0 radical (unpaired) electrons. The maximum absolute atomic E-state index is 12.3. The van der Waals surface area contributed by atoms with Gasteiger partial charge in [0.1, 0.15) is 0 Å². The minimum Gasteiger partial charge on any atom is -0.352 e. The molecule has 2 amide bonds. The van der Waals surface area contributed by atoms with Crippen molar-refractivity contribution < 1.29 is 9.59 Å². The van der Waals surface area contributed by atoms with Crippen LogP contribution >= 0.6 is 0 Å². The van der Waals surface area contributed by atoms with Crippen molar-refractivity contribution in [2.45, 2.75) is 32.7 Å². The van der Waals surface area contributed by atoms with Crippen LogP contribution in [0.4, 0.5) is 0 Å². The maximum Gasteiger partial charge on any atom is 0.243 e. The van der Waals surface area contributed by atoms with Gasteiger partial charge in [0.05, 0.1) is 12.3 Å². The van der Waals surface area contributed by atoms with E-state index in [0.717, 1.165) is 28.8 Å². The highest BCUT2D eigenvalue weighted by molar-refractivity contribution is 6.02. The standard InChI is InChI=1S/C21H23N3O2/c1-16-7-5-6-10-18(16)15-22-20(25)11-12-21(26)24-14-13-19(23-24)17-8-3-2-4-9-17/h2-10H,11-15H2,1H3,(H,22,25). The third-order valence-corrected chi connectivity index (χ3v) is 4.50. The summed E-state index contributed by atoms with van der Waals surface area (Å²) in [6.45, 7) is 3.08. The van der Waals surface area contributed by atoms with Gasteiger partial charge in [-0.05, 0) is 23.6 Å². The van der Waals surface area contributed by atoms with E-state index in [0.29, 0.717) is 13.1 Å². The highest BCUT2D eigenvalue weighted by Crippen LogP contribution is 2.15. The van der Waals surface area contributed by atoms with Gasteiger partial charge in [-0.15, -0.1) is 0 Å². The number of nitrogens with zero attached hydrogens (tertiary/aromatic N) is 2. The van der Waals surface area contributed by atoms with Gasteiger partial charge in [0, 0.05) is 25.8 Å². The van der Waals surface area contributed by atoms with E-state index in [4.69, 9.17) is 0 Å². The number of rotatable bonds is 6. The molecule has 1 aliphatic heterocycles. The van der Waals surface area contributed by atoms with Crippen molar-refractivity contribution in [2.24, 2.45) is 5.10 Å². The Kier molecular flexibility index (Phi) is 5.79. The topological polar surface area (TPSA) is 61.8 Å². The Morgan fingerprint density at radius 3 is 2.54 bits per heavy atom. The molecule has 0 spiro atoms. The van der Waals surface area contributed by atoms with Crippen molar-refractivity contribution in [3.8, 4) is 0 Å². The highest BCUT2D eigenvalue weighted by atomic mass is 16.2. The largest absolute Gasteiger partial charge is 0.352 e. The number of nitrogens with one attached hydrogen (secondary N) is 1. The Hall–Kier alpha value is -2.95. The minimum absolute atomic E-state index is 0.109. The molecule has 2 aromatic carbocycles. The number of carbonyl (C=O) groups is 2. The van der Waals surface area contributed by atoms with Gasteiger partial charge in [0.15, 0.2) is 0 Å². The van der Waals surface area contributed by atoms with Crippen LogP contribution in [0.25, 0.3) is 0 Å². The highest BCUT2D eigenvalue weighted by Gasteiger charge is 2.21. The van der Waals surface area contributed by atoms with E-state index in [-0.39, 0.29) is 24.7 Å². The van der Waals surface area contributed by atoms with E-state index in [1.807, 2.05) is 61.5 Å². The number of hydrazone groups is 1. The fourth-order valence-corrected chi connectivity index (χ4v) is 2.91. The molecule has 1 heterocycles. The van der Waals surface area contributed by atoms with Gasteiger partial charge in [0.2, 0.25) is 11.8 Å². The third kappa shape index (κ3) is 4.57. The Labute approximate surface area is 153 Å². The molecule has 0 saturated heterocycles. The van der Waals surface area contributed by atoms with Crippen LogP contribution < -0.4 is 5.32 Å². The van der Waals surface area contributed by atoms with Crippen molar-refractivity contribution in [2.75, 3.05) is 6.54 Å². The molecule has 3 rings (SSSR count). The molecule has 2 aromatic rings. The lowest BCUT2D eigenvalue weighted by atomic mass is 10.1. The van der Waals surface area contributed by atoms with E-state index < -0.39 is 0 Å². The molecule has 0 aromatic heterocycles. The van der Waals surface area contributed by atoms with Crippen LogP contribution in [-0.2, 0) is 16.1 Å². The summed E-state index contributed by atoms with van der Waals surface area (Å²) in [7, 11) is 0. The summed E-state index contributed by atoms with van der Waals surface area (Å²) in [5.74, 6) is -0.227. The average Bonchev–Trinajstić information content (AvgIpc) is 3.16. The van der Waals surface area contributed by atoms with Crippen LogP contribution in [0.2, 0.25) is 0 Å². The zero-order chi connectivity index (χ0) is 18.4. The molecule has 0 atom stereocenters. The summed E-state index contributed by atoms with van der Waals surface area (Å²) in [5, 5.41) is 8.77. The second-order valence-corrected chi connectivity index (χ2v) is 6.38. The van der Waals surface area contributed by atoms with Crippen LogP contribution in [0.3, 0.4) is 0 Å². The second-order valence-electron chi connectivity index (χ2n) is 6.38. The van der Waals surface area contributed by atoms with Gasteiger partial charge in [0.25, 0.3) is 0 Å². The number of carbonyl (C=O) groups excluding carboxylic acids is 2. The van der Waals surface area contributed by atoms with Gasteiger partial charge in [-0.1, -0.05) is 54.6 Å². The monoisotopic (exact) mass is 349 g/mol. The summed E-state index contributed by atoms with van der Waals surface area (Å²) in [6, 6.07) is 17.8. The molecule has 0 unspecified atom stereocenters. The van der Waals surface area contributed by atoms with E-state index in [2.05, 4.69) is 10.4 Å². The van der Waals surface area contributed by atoms with Crippen molar-refractivity contribution in [1.82, 2.24) is 10.3 Å². The van der Waals surface area contributed by atoms with Crippen LogP contribution in [0.5, 0.6) is 0 Å². The fraction of sp³-hybridized carbons (Fsp3) is 0.286. The van der Waals surface area contributed by atoms with Crippen molar-refractivity contribution in [3.05, 3.63) is 71.3 Å². The van der Waals surface area contributed by atoms with E-state index in [9.17, 15) is 9.59 Å². The van der Waals surface area contributed by atoms with Crippen LogP contribution in [0.15, 0.2) is 59.7 Å². The molecule has 134 valence electrons. The Morgan fingerprint density at radius 2 is 1.77 bits per heavy atom. The smallest absolute Gasteiger partial charge is 0.243 e. The quantitative estimate of drug-likeness (QED) is 0.871. The van der Waals surface area contributed by atoms with Gasteiger partial charge in [-0.2, -0.15) is 5.10 Å². The lowest BCUT2D eigenvalue weighted by Gasteiger charge is -2.11. The van der Waals surface area contributed by atoms with Crippen LogP contribution in [0.1, 0.15) is 36.0 Å². The first-order valence-corrected chi connectivity index (χ1v) is 8.88. The molecule has 26 heavy (non-hydrogen) atoms. The van der Waals surface area contributed by atoms with Crippen LogP contribution in [0, 0.1) is 6.92 Å². The first kappa shape index (κ1) is 17.9. The SMILES string of the molecule is Cc1ccccc1CNC(=O)CCC(=O)N1CCC(c2ccccc2)=N1.